The number of carbonyl (C=O) groups is 2. The predicted molar refractivity (Wildman–Crippen MR) is 79.8 cm³/mol. The van der Waals surface area contributed by atoms with E-state index in [0.29, 0.717) is 13.0 Å². The van der Waals surface area contributed by atoms with Crippen LogP contribution >= 0.6 is 9.39 Å². The molecule has 0 amide bonds. The molecule has 2 N–H and O–H groups in total. The summed E-state index contributed by atoms with van der Waals surface area (Å²) in [5, 5.41) is 6.15. The number of ether oxygens (including phenoxy) is 1. The summed E-state index contributed by atoms with van der Waals surface area (Å²) >= 11 is 0. The molecule has 0 saturated heterocycles. The van der Waals surface area contributed by atoms with Crippen molar-refractivity contribution in [3.8, 4) is 0 Å². The molecular formula is C13H27N2O3P. The van der Waals surface area contributed by atoms with Crippen LogP contribution in [-0.2, 0) is 14.3 Å². The van der Waals surface area contributed by atoms with E-state index in [1.54, 1.807) is 6.92 Å². The molecule has 6 heteroatoms. The third-order valence-electron chi connectivity index (χ3n) is 3.76. The van der Waals surface area contributed by atoms with Gasteiger partial charge in [-0.05, 0) is 39.2 Å². The number of nitrogens with one attached hydrogen (secondary N) is 2. The highest BCUT2D eigenvalue weighted by atomic mass is 31.0. The van der Waals surface area contributed by atoms with Crippen LogP contribution in [0.1, 0.15) is 40.5 Å². The van der Waals surface area contributed by atoms with Crippen molar-refractivity contribution in [2.24, 2.45) is 5.92 Å². The Balaban J connectivity index is 4.30. The number of aldehydes is 1. The van der Waals surface area contributed by atoms with Gasteiger partial charge in [0.25, 0.3) is 0 Å². The lowest BCUT2D eigenvalue weighted by molar-refractivity contribution is -0.147. The van der Waals surface area contributed by atoms with Gasteiger partial charge >= 0.3 is 5.97 Å². The van der Waals surface area contributed by atoms with E-state index >= 15 is 0 Å². The summed E-state index contributed by atoms with van der Waals surface area (Å²) < 4.78 is 4.77. The second kappa shape index (κ2) is 7.93. The van der Waals surface area contributed by atoms with Gasteiger partial charge < -0.3 is 14.8 Å². The number of rotatable bonds is 9. The van der Waals surface area contributed by atoms with Gasteiger partial charge in [0.05, 0.1) is 12.6 Å². The van der Waals surface area contributed by atoms with Gasteiger partial charge in [-0.25, -0.2) is 0 Å². The Hall–Kier alpha value is -0.510. The molecule has 0 aliphatic heterocycles. The van der Waals surface area contributed by atoms with Gasteiger partial charge in [0.15, 0.2) is 0 Å². The van der Waals surface area contributed by atoms with Crippen molar-refractivity contribution < 1.29 is 14.3 Å². The van der Waals surface area contributed by atoms with Gasteiger partial charge in [0.2, 0.25) is 0 Å². The predicted octanol–water partition coefficient (Wildman–Crippen LogP) is 1.28. The number of methoxy groups -OCH3 is 1. The zero-order chi connectivity index (χ0) is 15.1. The molecule has 5 nitrogen and oxygen atoms in total. The van der Waals surface area contributed by atoms with E-state index in [-0.39, 0.29) is 11.9 Å². The monoisotopic (exact) mass is 290 g/mol. The molecule has 0 aliphatic carbocycles. The van der Waals surface area contributed by atoms with E-state index in [0.717, 1.165) is 12.7 Å². The molecule has 0 aromatic carbocycles. The van der Waals surface area contributed by atoms with E-state index in [9.17, 15) is 9.59 Å². The lowest BCUT2D eigenvalue weighted by Crippen LogP contribution is -2.50. The molecule has 112 valence electrons. The fraction of sp³-hybridized carbons (Fsp3) is 0.846. The molecule has 19 heavy (non-hydrogen) atoms. The van der Waals surface area contributed by atoms with E-state index in [4.69, 9.17) is 4.74 Å². The molecule has 0 aromatic rings. The Bertz CT molecular complexity index is 312. The highest BCUT2D eigenvalue weighted by Gasteiger charge is 2.32. The zero-order valence-corrected chi connectivity index (χ0v) is 13.7. The summed E-state index contributed by atoms with van der Waals surface area (Å²) in [6.45, 7) is 8.37. The van der Waals surface area contributed by atoms with E-state index in [1.165, 1.54) is 7.11 Å². The average molecular weight is 290 g/mol. The normalized spacial score (nSPS) is 17.6. The topological polar surface area (TPSA) is 67.4 Å². The molecule has 0 radical (unpaired) electrons. The smallest absolute Gasteiger partial charge is 0.326 e. The molecule has 0 spiro atoms. The van der Waals surface area contributed by atoms with Crippen molar-refractivity contribution in [1.29, 1.82) is 0 Å². The first kappa shape index (κ1) is 18.5. The van der Waals surface area contributed by atoms with Crippen molar-refractivity contribution in [2.45, 2.75) is 51.6 Å². The Labute approximate surface area is 118 Å². The van der Waals surface area contributed by atoms with Crippen LogP contribution in [0.4, 0.5) is 0 Å². The number of carbonyl (C=O) groups excluding carboxylic acids is 2. The van der Waals surface area contributed by atoms with Crippen LogP contribution in [0, 0.1) is 5.92 Å². The molecule has 3 atom stereocenters. The molecule has 0 heterocycles. The summed E-state index contributed by atoms with van der Waals surface area (Å²) in [7, 11) is 3.73. The van der Waals surface area contributed by atoms with Crippen molar-refractivity contribution >= 4 is 21.6 Å². The molecule has 0 bridgehead atoms. The number of esters is 1. The minimum atomic E-state index is -0.712. The van der Waals surface area contributed by atoms with Gasteiger partial charge in [0, 0.05) is 0 Å². The lowest BCUT2D eigenvalue weighted by atomic mass is 9.89. The lowest BCUT2D eigenvalue weighted by Gasteiger charge is -2.30. The van der Waals surface area contributed by atoms with Gasteiger partial charge in [0.1, 0.15) is 11.8 Å². The number of hydrogen-bond donors (Lipinski definition) is 2. The van der Waals surface area contributed by atoms with Crippen LogP contribution in [0.3, 0.4) is 0 Å². The minimum absolute atomic E-state index is 0.219. The van der Waals surface area contributed by atoms with Crippen molar-refractivity contribution in [1.82, 2.24) is 10.4 Å². The summed E-state index contributed by atoms with van der Waals surface area (Å²) in [4.78, 5) is 22.8. The molecular weight excluding hydrogens is 263 g/mol. The minimum Gasteiger partial charge on any atom is -0.468 e. The van der Waals surface area contributed by atoms with Crippen LogP contribution in [0.25, 0.3) is 0 Å². The summed E-state index contributed by atoms with van der Waals surface area (Å²) in [6.07, 6.45) is 2.34. The van der Waals surface area contributed by atoms with E-state index < -0.39 is 11.1 Å². The van der Waals surface area contributed by atoms with Gasteiger partial charge in [-0.1, -0.05) is 23.2 Å². The zero-order valence-electron chi connectivity index (χ0n) is 12.6. The van der Waals surface area contributed by atoms with Gasteiger partial charge in [-0.15, -0.1) is 0 Å². The quantitative estimate of drug-likeness (QED) is 0.290. The average Bonchev–Trinajstić information content (AvgIpc) is 2.41. The highest BCUT2D eigenvalue weighted by molar-refractivity contribution is 7.13. The largest absolute Gasteiger partial charge is 0.468 e. The van der Waals surface area contributed by atoms with Gasteiger partial charge in [-0.3, -0.25) is 9.88 Å². The first-order chi connectivity index (χ1) is 8.75. The second-order valence-corrected chi connectivity index (χ2v) is 5.84. The third-order valence-corrected chi connectivity index (χ3v) is 4.40. The maximum atomic E-state index is 11.6. The van der Waals surface area contributed by atoms with E-state index in [1.807, 2.05) is 20.8 Å². The van der Waals surface area contributed by atoms with E-state index in [2.05, 4.69) is 19.8 Å². The van der Waals surface area contributed by atoms with Crippen LogP contribution in [0.2, 0.25) is 0 Å². The Kier molecular flexibility index (Phi) is 7.72. The molecule has 0 saturated carbocycles. The maximum Gasteiger partial charge on any atom is 0.326 e. The maximum absolute atomic E-state index is 11.6. The summed E-state index contributed by atoms with van der Waals surface area (Å²) in [5.41, 5.74) is -1.23. The summed E-state index contributed by atoms with van der Waals surface area (Å²) in [5.74, 6) is -0.0682. The molecule has 0 aliphatic rings. The third kappa shape index (κ3) is 5.17. The van der Waals surface area contributed by atoms with Crippen LogP contribution < -0.4 is 10.4 Å². The van der Waals surface area contributed by atoms with Crippen molar-refractivity contribution in [3.63, 3.8) is 0 Å². The molecule has 0 aromatic heterocycles. The van der Waals surface area contributed by atoms with Gasteiger partial charge in [-0.2, -0.15) is 0 Å². The highest BCUT2D eigenvalue weighted by Crippen LogP contribution is 2.17. The van der Waals surface area contributed by atoms with Crippen LogP contribution in [-0.4, -0.2) is 37.0 Å². The molecule has 3 unspecified atom stereocenters. The summed E-state index contributed by atoms with van der Waals surface area (Å²) in [6, 6.07) is 0. The van der Waals surface area contributed by atoms with Crippen molar-refractivity contribution in [2.75, 3.05) is 13.7 Å². The van der Waals surface area contributed by atoms with Crippen LogP contribution in [0.5, 0.6) is 0 Å². The second-order valence-electron chi connectivity index (χ2n) is 5.55. The molecule has 0 rings (SSSR count). The molecule has 0 fully saturated rings. The SMILES string of the molecule is COC(=O)C(C)(CCCNC(C)(C=O)C(C)C)NP. The Morgan fingerprint density at radius 3 is 2.37 bits per heavy atom. The first-order valence-electron chi connectivity index (χ1n) is 6.53. The standard InChI is InChI=1S/C13H27N2O3P/c1-10(2)13(4,9-16)14-8-6-7-12(3,15-19)11(17)18-5/h9-10,14-15H,6-8,19H2,1-5H3. The number of hydrogen-bond acceptors (Lipinski definition) is 5. The van der Waals surface area contributed by atoms with Crippen molar-refractivity contribution in [3.05, 3.63) is 0 Å². The fourth-order valence-corrected chi connectivity index (χ4v) is 1.90. The van der Waals surface area contributed by atoms with Crippen LogP contribution in [0.15, 0.2) is 0 Å². The fourth-order valence-electron chi connectivity index (χ4n) is 1.64. The first-order valence-corrected chi connectivity index (χ1v) is 7.11. The Morgan fingerprint density at radius 1 is 1.42 bits per heavy atom. The Morgan fingerprint density at radius 2 is 2.00 bits per heavy atom.